The van der Waals surface area contributed by atoms with E-state index in [0.717, 1.165) is 5.75 Å². The number of nitrogens with zero attached hydrogens (tertiary/aromatic N) is 1. The number of nitrogens with one attached hydrogen (secondary N) is 1. The molecule has 17 heavy (non-hydrogen) atoms. The normalized spacial score (nSPS) is 11.6. The molecule has 0 spiro atoms. The molecule has 0 aliphatic heterocycles. The van der Waals surface area contributed by atoms with Crippen LogP contribution in [-0.2, 0) is 4.79 Å². The van der Waals surface area contributed by atoms with Crippen LogP contribution in [0.5, 0.6) is 0 Å². The number of amides is 1. The zero-order chi connectivity index (χ0) is 12.7. The lowest BCUT2D eigenvalue weighted by Gasteiger charge is -2.11. The summed E-state index contributed by atoms with van der Waals surface area (Å²) in [5, 5.41) is 11.4. The Bertz CT molecular complexity index is 411. The first kappa shape index (κ1) is 13.6. The summed E-state index contributed by atoms with van der Waals surface area (Å²) >= 11 is 1.66. The van der Waals surface area contributed by atoms with E-state index < -0.39 is 6.04 Å². The number of nitriles is 1. The molecule has 0 unspecified atom stereocenters. The molecule has 0 aliphatic carbocycles. The molecule has 4 nitrogen and oxygen atoms in total. The number of benzene rings is 1. The zero-order valence-corrected chi connectivity index (χ0v) is 10.5. The van der Waals surface area contributed by atoms with Gasteiger partial charge in [-0.2, -0.15) is 17.0 Å². The van der Waals surface area contributed by atoms with Crippen molar-refractivity contribution in [2.24, 2.45) is 5.73 Å². The largest absolute Gasteiger partial charge is 0.325 e. The minimum Gasteiger partial charge on any atom is -0.325 e. The summed E-state index contributed by atoms with van der Waals surface area (Å²) in [5.41, 5.74) is 6.95. The summed E-state index contributed by atoms with van der Waals surface area (Å²) in [6, 6.07) is 8.23. The van der Waals surface area contributed by atoms with E-state index in [4.69, 9.17) is 11.0 Å². The SMILES string of the molecule is CSCC[C@@H](N)C(=O)Nc1ccc(C#N)cc1. The smallest absolute Gasteiger partial charge is 0.241 e. The number of thioether (sulfide) groups is 1. The fraction of sp³-hybridized carbons (Fsp3) is 0.333. The maximum atomic E-state index is 11.7. The van der Waals surface area contributed by atoms with Crippen molar-refractivity contribution in [3.63, 3.8) is 0 Å². The van der Waals surface area contributed by atoms with E-state index in [1.54, 1.807) is 36.0 Å². The Kier molecular flexibility index (Phi) is 5.53. The molecule has 1 amide bonds. The monoisotopic (exact) mass is 249 g/mol. The molecule has 0 aromatic heterocycles. The van der Waals surface area contributed by atoms with Crippen molar-refractivity contribution >= 4 is 23.4 Å². The number of carbonyl (C=O) groups excluding carboxylic acids is 1. The van der Waals surface area contributed by atoms with Crippen LogP contribution in [0.25, 0.3) is 0 Å². The van der Waals surface area contributed by atoms with Crippen molar-refractivity contribution < 1.29 is 4.79 Å². The van der Waals surface area contributed by atoms with Crippen LogP contribution < -0.4 is 11.1 Å². The second kappa shape index (κ2) is 6.94. The van der Waals surface area contributed by atoms with E-state index >= 15 is 0 Å². The first-order valence-electron chi connectivity index (χ1n) is 5.23. The van der Waals surface area contributed by atoms with Crippen LogP contribution in [-0.4, -0.2) is 24.0 Å². The lowest BCUT2D eigenvalue weighted by Crippen LogP contribution is -2.36. The van der Waals surface area contributed by atoms with Crippen LogP contribution in [0, 0.1) is 11.3 Å². The van der Waals surface area contributed by atoms with Gasteiger partial charge in [-0.1, -0.05) is 0 Å². The van der Waals surface area contributed by atoms with Gasteiger partial charge in [0.2, 0.25) is 5.91 Å². The lowest BCUT2D eigenvalue weighted by atomic mass is 10.2. The van der Waals surface area contributed by atoms with Crippen LogP contribution in [0.1, 0.15) is 12.0 Å². The van der Waals surface area contributed by atoms with Gasteiger partial charge in [0.1, 0.15) is 0 Å². The third-order valence-corrected chi connectivity index (χ3v) is 2.90. The van der Waals surface area contributed by atoms with Crippen molar-refractivity contribution in [3.05, 3.63) is 29.8 Å². The van der Waals surface area contributed by atoms with Gasteiger partial charge >= 0.3 is 0 Å². The Morgan fingerprint density at radius 3 is 2.71 bits per heavy atom. The second-order valence-electron chi connectivity index (χ2n) is 3.57. The highest BCUT2D eigenvalue weighted by Gasteiger charge is 2.12. The average Bonchev–Trinajstić information content (AvgIpc) is 2.36. The number of rotatable bonds is 5. The highest BCUT2D eigenvalue weighted by atomic mass is 32.2. The summed E-state index contributed by atoms with van der Waals surface area (Å²) in [5.74, 6) is 0.672. The Morgan fingerprint density at radius 2 is 2.18 bits per heavy atom. The highest BCUT2D eigenvalue weighted by molar-refractivity contribution is 7.98. The van der Waals surface area contributed by atoms with Crippen molar-refractivity contribution in [1.29, 1.82) is 5.26 Å². The number of hydrogen-bond donors (Lipinski definition) is 2. The summed E-state index contributed by atoms with van der Waals surface area (Å²) in [6.45, 7) is 0. The molecule has 3 N–H and O–H groups in total. The Labute approximate surface area is 105 Å². The fourth-order valence-electron chi connectivity index (χ4n) is 1.24. The quantitative estimate of drug-likeness (QED) is 0.830. The number of anilines is 1. The molecule has 0 fully saturated rings. The first-order chi connectivity index (χ1) is 8.17. The van der Waals surface area contributed by atoms with Gasteiger partial charge in [-0.3, -0.25) is 4.79 Å². The standard InChI is InChI=1S/C12H15N3OS/c1-17-7-6-11(14)12(16)15-10-4-2-9(8-13)3-5-10/h2-5,11H,6-7,14H2,1H3,(H,15,16)/t11-/m1/s1. The molecular weight excluding hydrogens is 234 g/mol. The second-order valence-corrected chi connectivity index (χ2v) is 4.55. The fourth-order valence-corrected chi connectivity index (χ4v) is 1.73. The average molecular weight is 249 g/mol. The van der Waals surface area contributed by atoms with Crippen molar-refractivity contribution in [3.8, 4) is 6.07 Å². The van der Waals surface area contributed by atoms with E-state index in [0.29, 0.717) is 17.7 Å². The zero-order valence-electron chi connectivity index (χ0n) is 9.64. The Balaban J connectivity index is 2.52. The van der Waals surface area contributed by atoms with Crippen molar-refractivity contribution in [2.45, 2.75) is 12.5 Å². The minimum atomic E-state index is -0.488. The lowest BCUT2D eigenvalue weighted by molar-refractivity contribution is -0.117. The molecule has 0 aliphatic rings. The number of carbonyl (C=O) groups is 1. The maximum Gasteiger partial charge on any atom is 0.241 e. The molecule has 0 saturated heterocycles. The Hall–Kier alpha value is -1.51. The minimum absolute atomic E-state index is 0.191. The molecule has 1 aromatic rings. The molecule has 90 valence electrons. The van der Waals surface area contributed by atoms with Gasteiger partial charge in [0.05, 0.1) is 17.7 Å². The predicted molar refractivity (Wildman–Crippen MR) is 70.8 cm³/mol. The van der Waals surface area contributed by atoms with Gasteiger partial charge in [-0.15, -0.1) is 0 Å². The first-order valence-corrected chi connectivity index (χ1v) is 6.62. The van der Waals surface area contributed by atoms with Gasteiger partial charge in [-0.05, 0) is 42.7 Å². The third kappa shape index (κ3) is 4.47. The summed E-state index contributed by atoms with van der Waals surface area (Å²) in [6.07, 6.45) is 2.63. The van der Waals surface area contributed by atoms with Gasteiger partial charge in [-0.25, -0.2) is 0 Å². The molecule has 1 aromatic carbocycles. The summed E-state index contributed by atoms with van der Waals surface area (Å²) in [4.78, 5) is 11.7. The summed E-state index contributed by atoms with van der Waals surface area (Å²) < 4.78 is 0. The van der Waals surface area contributed by atoms with Crippen LogP contribution in [0.2, 0.25) is 0 Å². The van der Waals surface area contributed by atoms with Crippen molar-refractivity contribution in [1.82, 2.24) is 0 Å². The molecule has 0 bridgehead atoms. The van der Waals surface area contributed by atoms with Crippen LogP contribution in [0.4, 0.5) is 5.69 Å². The molecule has 0 saturated carbocycles. The molecule has 5 heteroatoms. The van der Waals surface area contributed by atoms with E-state index in [-0.39, 0.29) is 5.91 Å². The molecule has 1 atom stereocenters. The van der Waals surface area contributed by atoms with Crippen molar-refractivity contribution in [2.75, 3.05) is 17.3 Å². The summed E-state index contributed by atoms with van der Waals surface area (Å²) in [7, 11) is 0. The maximum absolute atomic E-state index is 11.7. The molecule has 1 rings (SSSR count). The molecule has 0 radical (unpaired) electrons. The highest BCUT2D eigenvalue weighted by Crippen LogP contribution is 2.09. The third-order valence-electron chi connectivity index (χ3n) is 2.25. The van der Waals surface area contributed by atoms with E-state index in [1.807, 2.05) is 12.3 Å². The molecular formula is C12H15N3OS. The van der Waals surface area contributed by atoms with Gasteiger partial charge in [0, 0.05) is 5.69 Å². The topological polar surface area (TPSA) is 78.9 Å². The van der Waals surface area contributed by atoms with E-state index in [9.17, 15) is 4.79 Å². The van der Waals surface area contributed by atoms with E-state index in [2.05, 4.69) is 5.32 Å². The van der Waals surface area contributed by atoms with Crippen LogP contribution in [0.15, 0.2) is 24.3 Å². The van der Waals surface area contributed by atoms with Gasteiger partial charge in [0.25, 0.3) is 0 Å². The Morgan fingerprint density at radius 1 is 1.53 bits per heavy atom. The van der Waals surface area contributed by atoms with Gasteiger partial charge < -0.3 is 11.1 Å². The van der Waals surface area contributed by atoms with Crippen LogP contribution in [0.3, 0.4) is 0 Å². The van der Waals surface area contributed by atoms with E-state index in [1.165, 1.54) is 0 Å². The van der Waals surface area contributed by atoms with Gasteiger partial charge in [0.15, 0.2) is 0 Å². The molecule has 0 heterocycles. The predicted octanol–water partition coefficient (Wildman–Crippen LogP) is 1.58. The van der Waals surface area contributed by atoms with Crippen LogP contribution >= 0.6 is 11.8 Å². The number of nitrogens with two attached hydrogens (primary N) is 1. The number of hydrogen-bond acceptors (Lipinski definition) is 4.